The van der Waals surface area contributed by atoms with Gasteiger partial charge in [-0.25, -0.2) is 8.78 Å². The number of carbonyl (C=O) groups is 1. The van der Waals surface area contributed by atoms with Crippen molar-refractivity contribution in [3.8, 4) is 0 Å². The first-order valence-corrected chi connectivity index (χ1v) is 8.18. The lowest BCUT2D eigenvalue weighted by Crippen LogP contribution is -2.50. The molecule has 1 N–H and O–H groups in total. The molecule has 2 aromatic rings. The van der Waals surface area contributed by atoms with Crippen LogP contribution in [0.2, 0.25) is 0 Å². The molecule has 1 amide bonds. The molecule has 0 fully saturated rings. The molecule has 4 rings (SSSR count). The number of nitrogens with zero attached hydrogens (tertiary/aromatic N) is 1. The highest BCUT2D eigenvalue weighted by Crippen LogP contribution is 2.26. The summed E-state index contributed by atoms with van der Waals surface area (Å²) >= 11 is 0. The van der Waals surface area contributed by atoms with Crippen molar-refractivity contribution >= 4 is 5.91 Å². The molecule has 3 nitrogen and oxygen atoms in total. The second-order valence-corrected chi connectivity index (χ2v) is 6.40. The zero-order valence-corrected chi connectivity index (χ0v) is 13.2. The van der Waals surface area contributed by atoms with E-state index in [9.17, 15) is 13.6 Å². The number of rotatable bonds is 1. The zero-order valence-electron chi connectivity index (χ0n) is 13.2. The van der Waals surface area contributed by atoms with Crippen LogP contribution in [0.1, 0.15) is 22.3 Å². The van der Waals surface area contributed by atoms with Crippen LogP contribution in [0.4, 0.5) is 8.78 Å². The van der Waals surface area contributed by atoms with Gasteiger partial charge in [0.1, 0.15) is 11.6 Å². The normalized spacial score (nSPS) is 19.6. The Morgan fingerprint density at radius 1 is 1.04 bits per heavy atom. The van der Waals surface area contributed by atoms with E-state index in [1.54, 1.807) is 4.90 Å². The highest BCUT2D eigenvalue weighted by atomic mass is 19.1. The molecule has 2 aromatic carbocycles. The van der Waals surface area contributed by atoms with E-state index in [2.05, 4.69) is 11.4 Å². The van der Waals surface area contributed by atoms with E-state index in [-0.39, 0.29) is 24.3 Å². The minimum absolute atomic E-state index is 0.0428. The summed E-state index contributed by atoms with van der Waals surface area (Å²) in [7, 11) is 0. The third kappa shape index (κ3) is 2.59. The lowest BCUT2D eigenvalue weighted by Gasteiger charge is -2.34. The Hall–Kier alpha value is -2.27. The van der Waals surface area contributed by atoms with Crippen molar-refractivity contribution in [2.24, 2.45) is 0 Å². The summed E-state index contributed by atoms with van der Waals surface area (Å²) in [6, 6.07) is 10.0. The van der Waals surface area contributed by atoms with E-state index < -0.39 is 5.82 Å². The molecule has 5 heteroatoms. The number of halogens is 2. The van der Waals surface area contributed by atoms with Gasteiger partial charge in [-0.3, -0.25) is 4.79 Å². The van der Waals surface area contributed by atoms with Crippen LogP contribution in [0, 0.1) is 11.6 Å². The highest BCUT2D eigenvalue weighted by molar-refractivity contribution is 5.83. The Labute approximate surface area is 139 Å². The SMILES string of the molecule is O=C([C@@H]1Cc2ccccc2CN1)N1CCc2c(F)ccc(F)c2C1. The van der Waals surface area contributed by atoms with Crippen LogP contribution >= 0.6 is 0 Å². The molecule has 1 atom stereocenters. The lowest BCUT2D eigenvalue weighted by atomic mass is 9.93. The predicted molar refractivity (Wildman–Crippen MR) is 86.3 cm³/mol. The van der Waals surface area contributed by atoms with Crippen molar-refractivity contribution in [1.29, 1.82) is 0 Å². The number of hydrogen-bond donors (Lipinski definition) is 1. The van der Waals surface area contributed by atoms with E-state index >= 15 is 0 Å². The summed E-state index contributed by atoms with van der Waals surface area (Å²) in [6.45, 7) is 1.21. The van der Waals surface area contributed by atoms with Gasteiger partial charge < -0.3 is 10.2 Å². The molecule has 2 heterocycles. The fourth-order valence-electron chi connectivity index (χ4n) is 3.63. The maximum Gasteiger partial charge on any atom is 0.240 e. The summed E-state index contributed by atoms with van der Waals surface area (Å²) in [5.74, 6) is -0.868. The van der Waals surface area contributed by atoms with Crippen molar-refractivity contribution in [2.45, 2.75) is 32.0 Å². The molecule has 24 heavy (non-hydrogen) atoms. The Bertz CT molecular complexity index is 806. The fourth-order valence-corrected chi connectivity index (χ4v) is 3.63. The largest absolute Gasteiger partial charge is 0.337 e. The van der Waals surface area contributed by atoms with E-state index in [0.29, 0.717) is 37.1 Å². The van der Waals surface area contributed by atoms with E-state index in [0.717, 1.165) is 12.1 Å². The molecule has 0 unspecified atom stereocenters. The molecule has 0 aliphatic carbocycles. The summed E-state index contributed by atoms with van der Waals surface area (Å²) in [5.41, 5.74) is 3.09. The molecule has 0 saturated carbocycles. The summed E-state index contributed by atoms with van der Waals surface area (Å²) in [4.78, 5) is 14.5. The van der Waals surface area contributed by atoms with Crippen LogP contribution in [0.15, 0.2) is 36.4 Å². The van der Waals surface area contributed by atoms with Gasteiger partial charge in [-0.2, -0.15) is 0 Å². The number of hydrogen-bond acceptors (Lipinski definition) is 2. The second kappa shape index (κ2) is 5.98. The van der Waals surface area contributed by atoms with E-state index in [1.807, 2.05) is 18.2 Å². The molecule has 2 aliphatic heterocycles. The van der Waals surface area contributed by atoms with Gasteiger partial charge in [-0.1, -0.05) is 24.3 Å². The average Bonchev–Trinajstić information content (AvgIpc) is 2.63. The van der Waals surface area contributed by atoms with Crippen LogP contribution in [0.25, 0.3) is 0 Å². The molecule has 0 saturated heterocycles. The molecule has 124 valence electrons. The maximum absolute atomic E-state index is 14.0. The third-order valence-corrected chi connectivity index (χ3v) is 4.99. The van der Waals surface area contributed by atoms with Gasteiger partial charge in [0.25, 0.3) is 0 Å². The van der Waals surface area contributed by atoms with Crippen LogP contribution in [-0.2, 0) is 30.7 Å². The van der Waals surface area contributed by atoms with Gasteiger partial charge in [-0.15, -0.1) is 0 Å². The van der Waals surface area contributed by atoms with Crippen molar-refractivity contribution in [3.05, 3.63) is 70.3 Å². The van der Waals surface area contributed by atoms with Gasteiger partial charge >= 0.3 is 0 Å². The van der Waals surface area contributed by atoms with Crippen LogP contribution < -0.4 is 5.32 Å². The molecule has 0 radical (unpaired) electrons. The summed E-state index contributed by atoms with van der Waals surface area (Å²) < 4.78 is 27.8. The molecular formula is C19H18F2N2O. The topological polar surface area (TPSA) is 32.3 Å². The fraction of sp³-hybridized carbons (Fsp3) is 0.316. The minimum Gasteiger partial charge on any atom is -0.337 e. The quantitative estimate of drug-likeness (QED) is 0.873. The van der Waals surface area contributed by atoms with E-state index in [1.165, 1.54) is 11.1 Å². The van der Waals surface area contributed by atoms with Gasteiger partial charge in [0.15, 0.2) is 0 Å². The number of carbonyl (C=O) groups excluding carboxylic acids is 1. The first-order chi connectivity index (χ1) is 11.6. The first-order valence-electron chi connectivity index (χ1n) is 8.18. The third-order valence-electron chi connectivity index (χ3n) is 4.99. The van der Waals surface area contributed by atoms with Gasteiger partial charge in [-0.05, 0) is 41.7 Å². The average molecular weight is 328 g/mol. The van der Waals surface area contributed by atoms with Crippen LogP contribution in [-0.4, -0.2) is 23.4 Å². The maximum atomic E-state index is 14.0. The van der Waals surface area contributed by atoms with Crippen LogP contribution in [0.5, 0.6) is 0 Å². The number of benzene rings is 2. The Balaban J connectivity index is 1.53. The molecular weight excluding hydrogens is 310 g/mol. The minimum atomic E-state index is -0.439. The Morgan fingerprint density at radius 3 is 2.54 bits per heavy atom. The van der Waals surface area contributed by atoms with Crippen molar-refractivity contribution in [2.75, 3.05) is 6.54 Å². The second-order valence-electron chi connectivity index (χ2n) is 6.40. The van der Waals surface area contributed by atoms with Crippen LogP contribution in [0.3, 0.4) is 0 Å². The predicted octanol–water partition coefficient (Wildman–Crippen LogP) is 2.56. The smallest absolute Gasteiger partial charge is 0.240 e. The summed E-state index contributed by atoms with van der Waals surface area (Å²) in [6.07, 6.45) is 0.984. The Morgan fingerprint density at radius 2 is 1.75 bits per heavy atom. The number of nitrogens with one attached hydrogen (secondary N) is 1. The standard InChI is InChI=1S/C19H18F2N2O/c20-16-5-6-17(21)15-11-23(8-7-14(15)16)19(24)18-9-12-3-1-2-4-13(12)10-22-18/h1-6,18,22H,7-11H2/t18-/m0/s1. The number of fused-ring (bicyclic) bond motifs is 2. The zero-order chi connectivity index (χ0) is 16.7. The summed E-state index contributed by atoms with van der Waals surface area (Å²) in [5, 5.41) is 3.26. The number of amides is 1. The molecule has 2 aliphatic rings. The monoisotopic (exact) mass is 328 g/mol. The Kier molecular flexibility index (Phi) is 3.81. The molecule has 0 aromatic heterocycles. The van der Waals surface area contributed by atoms with E-state index in [4.69, 9.17) is 0 Å². The van der Waals surface area contributed by atoms with Gasteiger partial charge in [0.2, 0.25) is 5.91 Å². The highest BCUT2D eigenvalue weighted by Gasteiger charge is 2.31. The van der Waals surface area contributed by atoms with Crippen molar-refractivity contribution in [1.82, 2.24) is 10.2 Å². The molecule has 0 bridgehead atoms. The lowest BCUT2D eigenvalue weighted by molar-refractivity contribution is -0.134. The van der Waals surface area contributed by atoms with Crippen molar-refractivity contribution < 1.29 is 13.6 Å². The molecule has 0 spiro atoms. The van der Waals surface area contributed by atoms with Gasteiger partial charge in [0.05, 0.1) is 6.04 Å². The van der Waals surface area contributed by atoms with Gasteiger partial charge in [0, 0.05) is 25.2 Å². The van der Waals surface area contributed by atoms with Crippen molar-refractivity contribution in [3.63, 3.8) is 0 Å². The first kappa shape index (κ1) is 15.3.